The molecule has 1 aliphatic heterocycles. The fraction of sp³-hybridized carbons (Fsp3) is 0.304. The number of nitrogens with zero attached hydrogens (tertiary/aromatic N) is 1. The normalized spacial score (nSPS) is 19.6. The summed E-state index contributed by atoms with van der Waals surface area (Å²) < 4.78 is 10.9. The highest BCUT2D eigenvalue weighted by molar-refractivity contribution is 6.05. The summed E-state index contributed by atoms with van der Waals surface area (Å²) in [5, 5.41) is 2.80. The number of benzene rings is 2. The van der Waals surface area contributed by atoms with Crippen molar-refractivity contribution >= 4 is 17.9 Å². The van der Waals surface area contributed by atoms with E-state index in [0.717, 1.165) is 11.3 Å². The van der Waals surface area contributed by atoms with E-state index < -0.39 is 0 Å². The van der Waals surface area contributed by atoms with Gasteiger partial charge in [-0.3, -0.25) is 9.59 Å². The fourth-order valence-corrected chi connectivity index (χ4v) is 3.32. The third-order valence-corrected chi connectivity index (χ3v) is 4.65. The van der Waals surface area contributed by atoms with Gasteiger partial charge < -0.3 is 19.7 Å². The first-order valence-corrected chi connectivity index (χ1v) is 9.63. The highest BCUT2D eigenvalue weighted by atomic mass is 16.5. The molecule has 1 heterocycles. The second kappa shape index (κ2) is 9.39. The molecule has 0 aliphatic carbocycles. The lowest BCUT2D eigenvalue weighted by Gasteiger charge is -2.35. The molecular weight excluding hydrogens is 368 g/mol. The van der Waals surface area contributed by atoms with Gasteiger partial charge in [0, 0.05) is 18.7 Å². The van der Waals surface area contributed by atoms with Crippen LogP contribution in [-0.4, -0.2) is 49.1 Å². The Kier molecular flexibility index (Phi) is 6.67. The van der Waals surface area contributed by atoms with Gasteiger partial charge in [-0.1, -0.05) is 30.3 Å². The van der Waals surface area contributed by atoms with Crippen LogP contribution in [0.1, 0.15) is 29.8 Å². The molecule has 1 saturated heterocycles. The zero-order chi connectivity index (χ0) is 20.8. The van der Waals surface area contributed by atoms with E-state index in [1.54, 1.807) is 42.4 Å². The van der Waals surface area contributed by atoms with Crippen molar-refractivity contribution in [2.45, 2.75) is 26.1 Å². The van der Waals surface area contributed by atoms with Crippen LogP contribution in [-0.2, 0) is 9.53 Å². The second-order valence-corrected chi connectivity index (χ2v) is 7.12. The second-order valence-electron chi connectivity index (χ2n) is 7.12. The largest absolute Gasteiger partial charge is 0.497 e. The number of hydrogen-bond acceptors (Lipinski definition) is 4. The lowest BCUT2D eigenvalue weighted by Crippen LogP contribution is -2.50. The Bertz CT molecular complexity index is 868. The summed E-state index contributed by atoms with van der Waals surface area (Å²) in [5.74, 6) is 0.166. The number of nitrogens with one attached hydrogen (secondary N) is 1. The van der Waals surface area contributed by atoms with E-state index in [9.17, 15) is 9.59 Å². The SMILES string of the molecule is COc1ccc(/C=C(/NC(=O)c2ccccc2)C(=O)N2CC(C)OC(C)C2)cc1. The molecule has 29 heavy (non-hydrogen) atoms. The summed E-state index contributed by atoms with van der Waals surface area (Å²) in [7, 11) is 1.60. The number of hydrogen-bond donors (Lipinski definition) is 1. The highest BCUT2D eigenvalue weighted by Gasteiger charge is 2.28. The molecule has 1 fully saturated rings. The lowest BCUT2D eigenvalue weighted by atomic mass is 10.1. The van der Waals surface area contributed by atoms with E-state index in [4.69, 9.17) is 9.47 Å². The van der Waals surface area contributed by atoms with Crippen molar-refractivity contribution in [2.75, 3.05) is 20.2 Å². The van der Waals surface area contributed by atoms with Gasteiger partial charge in [0.25, 0.3) is 11.8 Å². The van der Waals surface area contributed by atoms with Crippen molar-refractivity contribution in [1.82, 2.24) is 10.2 Å². The Morgan fingerprint density at radius 1 is 1.03 bits per heavy atom. The van der Waals surface area contributed by atoms with Gasteiger partial charge in [0.1, 0.15) is 11.4 Å². The topological polar surface area (TPSA) is 67.9 Å². The van der Waals surface area contributed by atoms with Gasteiger partial charge in [-0.05, 0) is 49.8 Å². The molecule has 0 radical (unpaired) electrons. The number of carbonyl (C=O) groups excluding carboxylic acids is 2. The monoisotopic (exact) mass is 394 g/mol. The van der Waals surface area contributed by atoms with Crippen LogP contribution in [0.4, 0.5) is 0 Å². The van der Waals surface area contributed by atoms with Crippen LogP contribution < -0.4 is 10.1 Å². The number of methoxy groups -OCH3 is 1. The van der Waals surface area contributed by atoms with Gasteiger partial charge >= 0.3 is 0 Å². The zero-order valence-electron chi connectivity index (χ0n) is 16.9. The molecular formula is C23H26N2O4. The Morgan fingerprint density at radius 3 is 2.24 bits per heavy atom. The maximum absolute atomic E-state index is 13.2. The van der Waals surface area contributed by atoms with Crippen molar-refractivity contribution in [1.29, 1.82) is 0 Å². The zero-order valence-corrected chi connectivity index (χ0v) is 16.9. The van der Waals surface area contributed by atoms with Gasteiger partial charge in [-0.15, -0.1) is 0 Å². The molecule has 2 aromatic carbocycles. The van der Waals surface area contributed by atoms with Crippen LogP contribution in [0.15, 0.2) is 60.3 Å². The molecule has 1 aliphatic rings. The number of ether oxygens (including phenoxy) is 2. The molecule has 0 bridgehead atoms. The smallest absolute Gasteiger partial charge is 0.270 e. The summed E-state index contributed by atoms with van der Waals surface area (Å²) in [6, 6.07) is 16.1. The van der Waals surface area contributed by atoms with Crippen LogP contribution in [0.2, 0.25) is 0 Å². The molecule has 2 atom stereocenters. The van der Waals surface area contributed by atoms with E-state index in [1.807, 2.05) is 44.2 Å². The third-order valence-electron chi connectivity index (χ3n) is 4.65. The van der Waals surface area contributed by atoms with Gasteiger partial charge in [0.05, 0.1) is 19.3 Å². The van der Waals surface area contributed by atoms with Crippen LogP contribution in [0.5, 0.6) is 5.75 Å². The van der Waals surface area contributed by atoms with Crippen molar-refractivity contribution < 1.29 is 19.1 Å². The van der Waals surface area contributed by atoms with Crippen LogP contribution in [0.3, 0.4) is 0 Å². The summed E-state index contributed by atoms with van der Waals surface area (Å²) in [4.78, 5) is 27.7. The number of amides is 2. The van der Waals surface area contributed by atoms with Crippen molar-refractivity contribution in [3.05, 3.63) is 71.4 Å². The van der Waals surface area contributed by atoms with E-state index in [2.05, 4.69) is 5.32 Å². The molecule has 0 saturated carbocycles. The molecule has 3 rings (SSSR count). The van der Waals surface area contributed by atoms with E-state index in [0.29, 0.717) is 18.7 Å². The van der Waals surface area contributed by atoms with Crippen molar-refractivity contribution in [2.24, 2.45) is 0 Å². The standard InChI is InChI=1S/C23H26N2O4/c1-16-14-25(15-17(2)29-16)23(27)21(13-18-9-11-20(28-3)12-10-18)24-22(26)19-7-5-4-6-8-19/h4-13,16-17H,14-15H2,1-3H3,(H,24,26)/b21-13+. The summed E-state index contributed by atoms with van der Waals surface area (Å²) >= 11 is 0. The number of morpholine rings is 1. The maximum Gasteiger partial charge on any atom is 0.270 e. The minimum absolute atomic E-state index is 0.0604. The number of carbonyl (C=O) groups is 2. The molecule has 6 heteroatoms. The first-order chi connectivity index (χ1) is 14.0. The average molecular weight is 394 g/mol. The predicted octanol–water partition coefficient (Wildman–Crippen LogP) is 3.10. The predicted molar refractivity (Wildman–Crippen MR) is 111 cm³/mol. The summed E-state index contributed by atoms with van der Waals surface area (Å²) in [6.45, 7) is 4.82. The molecule has 1 N–H and O–H groups in total. The Labute approximate surface area is 171 Å². The lowest BCUT2D eigenvalue weighted by molar-refractivity contribution is -0.139. The highest BCUT2D eigenvalue weighted by Crippen LogP contribution is 2.17. The van der Waals surface area contributed by atoms with Crippen LogP contribution >= 0.6 is 0 Å². The minimum Gasteiger partial charge on any atom is -0.497 e. The fourth-order valence-electron chi connectivity index (χ4n) is 3.32. The van der Waals surface area contributed by atoms with Gasteiger partial charge in [-0.25, -0.2) is 0 Å². The minimum atomic E-state index is -0.326. The first-order valence-electron chi connectivity index (χ1n) is 9.63. The molecule has 6 nitrogen and oxygen atoms in total. The van der Waals surface area contributed by atoms with E-state index in [1.165, 1.54) is 0 Å². The molecule has 2 aromatic rings. The summed E-state index contributed by atoms with van der Waals surface area (Å²) in [6.07, 6.45) is 1.57. The molecule has 2 amide bonds. The Balaban J connectivity index is 1.88. The van der Waals surface area contributed by atoms with Gasteiger partial charge in [0.2, 0.25) is 0 Å². The van der Waals surface area contributed by atoms with E-state index >= 15 is 0 Å². The maximum atomic E-state index is 13.2. The quantitative estimate of drug-likeness (QED) is 0.792. The third kappa shape index (κ3) is 5.45. The molecule has 152 valence electrons. The van der Waals surface area contributed by atoms with Gasteiger partial charge in [0.15, 0.2) is 0 Å². The van der Waals surface area contributed by atoms with Crippen LogP contribution in [0.25, 0.3) is 6.08 Å². The van der Waals surface area contributed by atoms with Crippen molar-refractivity contribution in [3.63, 3.8) is 0 Å². The number of rotatable bonds is 5. The molecule has 0 aromatic heterocycles. The molecule has 2 unspecified atom stereocenters. The first kappa shape index (κ1) is 20.6. The van der Waals surface area contributed by atoms with Crippen LogP contribution in [0, 0.1) is 0 Å². The average Bonchev–Trinajstić information content (AvgIpc) is 2.73. The van der Waals surface area contributed by atoms with Gasteiger partial charge in [-0.2, -0.15) is 0 Å². The summed E-state index contributed by atoms with van der Waals surface area (Å²) in [5.41, 5.74) is 1.51. The van der Waals surface area contributed by atoms with E-state index in [-0.39, 0.29) is 29.7 Å². The Hall–Kier alpha value is -3.12. The Morgan fingerprint density at radius 2 is 1.66 bits per heavy atom. The van der Waals surface area contributed by atoms with Crippen molar-refractivity contribution in [3.8, 4) is 5.75 Å². The molecule has 0 spiro atoms.